The third-order valence-electron chi connectivity index (χ3n) is 3.71. The van der Waals surface area contributed by atoms with E-state index in [0.717, 1.165) is 0 Å². The summed E-state index contributed by atoms with van der Waals surface area (Å²) >= 11 is 12.1. The molecule has 0 fully saturated rings. The molecule has 0 aliphatic carbocycles. The molecule has 0 saturated heterocycles. The maximum atomic E-state index is 12.2. The van der Waals surface area contributed by atoms with Crippen LogP contribution in [0.2, 0.25) is 10.0 Å². The van der Waals surface area contributed by atoms with Crippen molar-refractivity contribution < 1.29 is 23.8 Å². The molecule has 0 aliphatic rings. The van der Waals surface area contributed by atoms with Crippen LogP contribution in [0.1, 0.15) is 18.1 Å². The molecule has 0 bridgehead atoms. The van der Waals surface area contributed by atoms with Crippen LogP contribution in [0.3, 0.4) is 0 Å². The van der Waals surface area contributed by atoms with Gasteiger partial charge in [0.05, 0.1) is 13.7 Å². The molecular formula is C22H17Cl2NO5. The fourth-order valence-corrected chi connectivity index (χ4v) is 2.86. The van der Waals surface area contributed by atoms with Gasteiger partial charge in [0.1, 0.15) is 11.6 Å². The van der Waals surface area contributed by atoms with Crippen molar-refractivity contribution in [1.29, 1.82) is 5.26 Å². The van der Waals surface area contributed by atoms with Gasteiger partial charge in [-0.2, -0.15) is 5.26 Å². The van der Waals surface area contributed by atoms with E-state index in [1.807, 2.05) is 0 Å². The Balaban J connectivity index is 2.21. The highest BCUT2D eigenvalue weighted by Crippen LogP contribution is 2.30. The number of hydrogen-bond donors (Lipinski definition) is 0. The summed E-state index contributed by atoms with van der Waals surface area (Å²) in [6, 6.07) is 11.4. The van der Waals surface area contributed by atoms with Crippen molar-refractivity contribution in [3.63, 3.8) is 0 Å². The molecular weight excluding hydrogens is 429 g/mol. The smallest absolute Gasteiger partial charge is 0.348 e. The lowest BCUT2D eigenvalue weighted by Gasteiger charge is -2.09. The van der Waals surface area contributed by atoms with Crippen LogP contribution in [0.5, 0.6) is 11.5 Å². The lowest BCUT2D eigenvalue weighted by atomic mass is 10.1. The van der Waals surface area contributed by atoms with Crippen LogP contribution in [0.4, 0.5) is 0 Å². The summed E-state index contributed by atoms with van der Waals surface area (Å²) in [5.41, 5.74) is 0.825. The average molecular weight is 446 g/mol. The van der Waals surface area contributed by atoms with E-state index in [1.165, 1.54) is 37.5 Å². The number of carbonyl (C=O) groups excluding carboxylic acids is 2. The van der Waals surface area contributed by atoms with Crippen LogP contribution >= 0.6 is 23.2 Å². The van der Waals surface area contributed by atoms with Crippen LogP contribution in [0, 0.1) is 11.3 Å². The van der Waals surface area contributed by atoms with Gasteiger partial charge in [0.2, 0.25) is 0 Å². The zero-order valence-corrected chi connectivity index (χ0v) is 17.7. The molecule has 0 radical (unpaired) electrons. The van der Waals surface area contributed by atoms with Crippen molar-refractivity contribution in [2.24, 2.45) is 0 Å². The van der Waals surface area contributed by atoms with Gasteiger partial charge in [0.25, 0.3) is 0 Å². The Kier molecular flexibility index (Phi) is 8.48. The van der Waals surface area contributed by atoms with Gasteiger partial charge >= 0.3 is 11.9 Å². The topological polar surface area (TPSA) is 85.6 Å². The molecule has 2 rings (SSSR count). The maximum Gasteiger partial charge on any atom is 0.348 e. The average Bonchev–Trinajstić information content (AvgIpc) is 2.72. The third kappa shape index (κ3) is 6.11. The predicted molar refractivity (Wildman–Crippen MR) is 114 cm³/mol. The molecule has 30 heavy (non-hydrogen) atoms. The second-order valence-corrected chi connectivity index (χ2v) is 6.50. The van der Waals surface area contributed by atoms with Gasteiger partial charge in [-0.25, -0.2) is 9.59 Å². The first-order chi connectivity index (χ1) is 14.4. The summed E-state index contributed by atoms with van der Waals surface area (Å²) in [6.07, 6.45) is 4.00. The van der Waals surface area contributed by atoms with Gasteiger partial charge in [0, 0.05) is 21.7 Å². The van der Waals surface area contributed by atoms with E-state index in [1.54, 1.807) is 37.3 Å². The summed E-state index contributed by atoms with van der Waals surface area (Å²) in [5, 5.41) is 9.93. The second kappa shape index (κ2) is 11.1. The molecule has 0 amide bonds. The minimum atomic E-state index is -0.724. The minimum absolute atomic E-state index is 0.156. The van der Waals surface area contributed by atoms with Gasteiger partial charge in [-0.15, -0.1) is 0 Å². The van der Waals surface area contributed by atoms with Crippen molar-refractivity contribution in [1.82, 2.24) is 0 Å². The Labute approximate surface area is 183 Å². The Bertz CT molecular complexity index is 1030. The number of nitriles is 1. The van der Waals surface area contributed by atoms with Crippen molar-refractivity contribution in [3.8, 4) is 17.6 Å². The van der Waals surface area contributed by atoms with E-state index in [9.17, 15) is 9.59 Å². The van der Waals surface area contributed by atoms with Crippen LogP contribution in [-0.2, 0) is 14.3 Å². The lowest BCUT2D eigenvalue weighted by molar-refractivity contribution is -0.138. The van der Waals surface area contributed by atoms with E-state index in [4.69, 9.17) is 42.7 Å². The number of halogens is 2. The summed E-state index contributed by atoms with van der Waals surface area (Å²) in [6.45, 7) is 1.80. The largest absolute Gasteiger partial charge is 0.493 e. The zero-order chi connectivity index (χ0) is 22.1. The number of carbonyl (C=O) groups is 2. The lowest BCUT2D eigenvalue weighted by Crippen LogP contribution is -2.06. The van der Waals surface area contributed by atoms with Crippen LogP contribution in [0.15, 0.2) is 48.0 Å². The second-order valence-electron chi connectivity index (χ2n) is 5.69. The van der Waals surface area contributed by atoms with Crippen LogP contribution < -0.4 is 9.47 Å². The van der Waals surface area contributed by atoms with Crippen molar-refractivity contribution in [3.05, 3.63) is 69.2 Å². The molecule has 154 valence electrons. The fraction of sp³-hybridized carbons (Fsp3) is 0.136. The Morgan fingerprint density at radius 2 is 1.83 bits per heavy atom. The molecule has 8 heteroatoms. The molecule has 0 aliphatic heterocycles. The van der Waals surface area contributed by atoms with Crippen molar-refractivity contribution in [2.75, 3.05) is 13.7 Å². The molecule has 0 aromatic heterocycles. The first-order valence-corrected chi connectivity index (χ1v) is 9.46. The number of ether oxygens (including phenoxy) is 3. The molecule has 0 N–H and O–H groups in total. The number of methoxy groups -OCH3 is 1. The van der Waals surface area contributed by atoms with Gasteiger partial charge in [-0.05, 0) is 48.9 Å². The molecule has 6 nitrogen and oxygen atoms in total. The van der Waals surface area contributed by atoms with E-state index >= 15 is 0 Å². The summed E-state index contributed by atoms with van der Waals surface area (Å²) < 4.78 is 15.4. The Morgan fingerprint density at radius 3 is 2.43 bits per heavy atom. The number of nitrogens with zero attached hydrogens (tertiary/aromatic N) is 1. The number of hydrogen-bond acceptors (Lipinski definition) is 6. The quantitative estimate of drug-likeness (QED) is 0.255. The van der Waals surface area contributed by atoms with Gasteiger partial charge in [0.15, 0.2) is 11.5 Å². The number of esters is 2. The van der Waals surface area contributed by atoms with Gasteiger partial charge in [-0.1, -0.05) is 35.3 Å². The van der Waals surface area contributed by atoms with E-state index < -0.39 is 11.9 Å². The fourth-order valence-electron chi connectivity index (χ4n) is 2.33. The minimum Gasteiger partial charge on any atom is -0.493 e. The highest BCUT2D eigenvalue weighted by molar-refractivity contribution is 6.37. The molecule has 2 aromatic carbocycles. The molecule has 0 atom stereocenters. The standard InChI is InChI=1S/C22H17Cl2NO5/c1-3-29-22(27)15(13-25)11-14-7-9-19(20(12-14)28-2)30-21(26)10-8-16-17(23)5-4-6-18(16)24/h4-12H,3H2,1-2H3/b10-8+,15-11+. The first-order valence-electron chi connectivity index (χ1n) is 8.70. The highest BCUT2D eigenvalue weighted by atomic mass is 35.5. The third-order valence-corrected chi connectivity index (χ3v) is 4.37. The number of benzene rings is 2. The van der Waals surface area contributed by atoms with Crippen LogP contribution in [-0.4, -0.2) is 25.7 Å². The summed E-state index contributed by atoms with van der Waals surface area (Å²) in [7, 11) is 1.40. The van der Waals surface area contributed by atoms with Crippen LogP contribution in [0.25, 0.3) is 12.2 Å². The molecule has 0 spiro atoms. The highest BCUT2D eigenvalue weighted by Gasteiger charge is 2.13. The normalized spacial score (nSPS) is 11.1. The summed E-state index contributed by atoms with van der Waals surface area (Å²) in [4.78, 5) is 23.9. The molecule has 0 saturated carbocycles. The summed E-state index contributed by atoms with van der Waals surface area (Å²) in [5.74, 6) is -0.999. The monoisotopic (exact) mass is 445 g/mol. The van der Waals surface area contributed by atoms with E-state index in [0.29, 0.717) is 21.2 Å². The first kappa shape index (κ1) is 23.0. The Morgan fingerprint density at radius 1 is 1.13 bits per heavy atom. The SMILES string of the molecule is CCOC(=O)/C(C#N)=C/c1ccc(OC(=O)/C=C/c2c(Cl)cccc2Cl)c(OC)c1. The van der Waals surface area contributed by atoms with E-state index in [2.05, 4.69) is 0 Å². The number of rotatable bonds is 7. The van der Waals surface area contributed by atoms with Crippen molar-refractivity contribution in [2.45, 2.75) is 6.92 Å². The van der Waals surface area contributed by atoms with Gasteiger partial charge < -0.3 is 14.2 Å². The zero-order valence-electron chi connectivity index (χ0n) is 16.1. The van der Waals surface area contributed by atoms with E-state index in [-0.39, 0.29) is 23.7 Å². The molecule has 0 unspecified atom stereocenters. The maximum absolute atomic E-state index is 12.2. The molecule has 2 aromatic rings. The predicted octanol–water partition coefficient (Wildman–Crippen LogP) is 5.09. The van der Waals surface area contributed by atoms with Crippen molar-refractivity contribution >= 4 is 47.3 Å². The Hall–Kier alpha value is -3.27. The van der Waals surface area contributed by atoms with Gasteiger partial charge in [-0.3, -0.25) is 0 Å². The molecule has 0 heterocycles.